The van der Waals surface area contributed by atoms with Gasteiger partial charge in [0, 0.05) is 36.4 Å². The summed E-state index contributed by atoms with van der Waals surface area (Å²) in [6.07, 6.45) is 1.90. The van der Waals surface area contributed by atoms with E-state index < -0.39 is 0 Å². The van der Waals surface area contributed by atoms with Gasteiger partial charge in [0.05, 0.1) is 19.8 Å². The monoisotopic (exact) mass is 373 g/mol. The Bertz CT molecular complexity index is 937. The molecule has 3 aromatic rings. The summed E-state index contributed by atoms with van der Waals surface area (Å²) < 4.78 is 7.16. The molecule has 0 saturated carbocycles. The number of halogens is 1. The molecule has 0 radical (unpaired) electrons. The van der Waals surface area contributed by atoms with Crippen LogP contribution < -0.4 is 5.73 Å². The molecule has 1 fully saturated rings. The summed E-state index contributed by atoms with van der Waals surface area (Å²) in [6, 6.07) is 7.37. The van der Waals surface area contributed by atoms with Crippen LogP contribution in [0.1, 0.15) is 11.1 Å². The van der Waals surface area contributed by atoms with Gasteiger partial charge in [0.25, 0.3) is 0 Å². The third-order valence-corrected chi connectivity index (χ3v) is 4.95. The van der Waals surface area contributed by atoms with Gasteiger partial charge >= 0.3 is 0 Å². The average Bonchev–Trinajstić information content (AvgIpc) is 3.06. The van der Waals surface area contributed by atoms with Crippen LogP contribution in [0.2, 0.25) is 5.02 Å². The molecule has 3 N–H and O–H groups in total. The van der Waals surface area contributed by atoms with Crippen molar-refractivity contribution >= 4 is 22.9 Å². The Balaban J connectivity index is 1.68. The molecule has 0 unspecified atom stereocenters. The van der Waals surface area contributed by atoms with Crippen LogP contribution >= 0.6 is 11.6 Å². The molecule has 3 heterocycles. The number of aliphatic hydroxyl groups is 1. The molecule has 0 spiro atoms. The molecule has 26 heavy (non-hydrogen) atoms. The van der Waals surface area contributed by atoms with E-state index in [2.05, 4.69) is 15.0 Å². The van der Waals surface area contributed by atoms with E-state index in [1.165, 1.54) is 0 Å². The van der Waals surface area contributed by atoms with Gasteiger partial charge in [0.2, 0.25) is 0 Å². The van der Waals surface area contributed by atoms with Gasteiger partial charge in [-0.05, 0) is 23.3 Å². The average molecular weight is 374 g/mol. The van der Waals surface area contributed by atoms with Crippen LogP contribution in [-0.2, 0) is 17.9 Å². The first-order valence-electron chi connectivity index (χ1n) is 8.49. The molecule has 1 saturated heterocycles. The predicted molar refractivity (Wildman–Crippen MR) is 99.9 cm³/mol. The first-order chi connectivity index (χ1) is 12.7. The second kappa shape index (κ2) is 7.20. The number of rotatable bonds is 4. The summed E-state index contributed by atoms with van der Waals surface area (Å²) in [4.78, 5) is 6.81. The lowest BCUT2D eigenvalue weighted by Gasteiger charge is -2.26. The summed E-state index contributed by atoms with van der Waals surface area (Å²) in [5.74, 6) is 0.931. The van der Waals surface area contributed by atoms with Crippen molar-refractivity contribution in [2.45, 2.75) is 13.2 Å². The second-order valence-electron chi connectivity index (χ2n) is 6.31. The number of hydrogen-bond acceptors (Lipinski definition) is 6. The molecule has 0 atom stereocenters. The van der Waals surface area contributed by atoms with Crippen molar-refractivity contribution < 1.29 is 9.84 Å². The Hall–Kier alpha value is -2.19. The largest absolute Gasteiger partial charge is 0.392 e. The van der Waals surface area contributed by atoms with Gasteiger partial charge in [-0.25, -0.2) is 9.50 Å². The summed E-state index contributed by atoms with van der Waals surface area (Å²) in [5, 5.41) is 14.3. The van der Waals surface area contributed by atoms with E-state index >= 15 is 0 Å². The van der Waals surface area contributed by atoms with Crippen molar-refractivity contribution in [3.8, 4) is 11.4 Å². The molecule has 1 aliphatic heterocycles. The predicted octanol–water partition coefficient (Wildman–Crippen LogP) is 1.96. The lowest BCUT2D eigenvalue weighted by molar-refractivity contribution is 0.0344. The van der Waals surface area contributed by atoms with Gasteiger partial charge < -0.3 is 15.6 Å². The second-order valence-corrected chi connectivity index (χ2v) is 6.71. The molecule has 1 aromatic carbocycles. The molecule has 8 heteroatoms. The fraction of sp³-hybridized carbons (Fsp3) is 0.333. The van der Waals surface area contributed by atoms with Gasteiger partial charge in [-0.3, -0.25) is 4.90 Å². The van der Waals surface area contributed by atoms with Gasteiger partial charge in [0.1, 0.15) is 5.52 Å². The van der Waals surface area contributed by atoms with E-state index in [-0.39, 0.29) is 6.61 Å². The number of benzene rings is 1. The number of ether oxygens (including phenoxy) is 1. The quantitative estimate of drug-likeness (QED) is 0.726. The maximum absolute atomic E-state index is 9.25. The molecule has 2 aromatic heterocycles. The van der Waals surface area contributed by atoms with Crippen molar-refractivity contribution in [1.29, 1.82) is 0 Å². The number of nitrogens with zero attached hydrogens (tertiary/aromatic N) is 4. The number of aliphatic hydroxyl groups excluding tert-OH is 1. The number of aromatic nitrogens is 3. The molecule has 7 nitrogen and oxygen atoms in total. The van der Waals surface area contributed by atoms with E-state index in [0.717, 1.165) is 49.5 Å². The molecular weight excluding hydrogens is 354 g/mol. The minimum Gasteiger partial charge on any atom is -0.392 e. The summed E-state index contributed by atoms with van der Waals surface area (Å²) in [5.41, 5.74) is 9.60. The molecule has 136 valence electrons. The third-order valence-electron chi connectivity index (χ3n) is 4.60. The lowest BCUT2D eigenvalue weighted by atomic mass is 10.1. The zero-order valence-electron chi connectivity index (χ0n) is 14.2. The summed E-state index contributed by atoms with van der Waals surface area (Å²) >= 11 is 6.18. The maximum atomic E-state index is 9.25. The first kappa shape index (κ1) is 17.2. The van der Waals surface area contributed by atoms with E-state index in [9.17, 15) is 5.11 Å². The number of nitrogens with two attached hydrogens (primary N) is 1. The zero-order valence-corrected chi connectivity index (χ0v) is 15.0. The topological polar surface area (TPSA) is 88.9 Å². The van der Waals surface area contributed by atoms with Crippen LogP contribution in [0.25, 0.3) is 16.9 Å². The van der Waals surface area contributed by atoms with Crippen molar-refractivity contribution in [2.24, 2.45) is 0 Å². The van der Waals surface area contributed by atoms with Crippen molar-refractivity contribution in [3.05, 3.63) is 46.6 Å². The molecule has 4 rings (SSSR count). The van der Waals surface area contributed by atoms with E-state index in [0.29, 0.717) is 22.2 Å². The Morgan fingerprint density at radius 2 is 2.00 bits per heavy atom. The number of nitrogen functional groups attached to an aromatic ring is 1. The van der Waals surface area contributed by atoms with Crippen LogP contribution in [0.4, 0.5) is 5.82 Å². The molecule has 0 amide bonds. The lowest BCUT2D eigenvalue weighted by Crippen LogP contribution is -2.35. The highest BCUT2D eigenvalue weighted by Gasteiger charge is 2.16. The number of anilines is 1. The van der Waals surface area contributed by atoms with E-state index in [4.69, 9.17) is 22.1 Å². The molecule has 1 aliphatic rings. The number of hydrogen-bond donors (Lipinski definition) is 2. The zero-order chi connectivity index (χ0) is 18.1. The highest BCUT2D eigenvalue weighted by atomic mass is 35.5. The Labute approximate surface area is 156 Å². The smallest absolute Gasteiger partial charge is 0.182 e. The minimum absolute atomic E-state index is 0.107. The van der Waals surface area contributed by atoms with E-state index in [1.807, 2.05) is 18.3 Å². The molecule has 0 bridgehead atoms. The minimum atomic E-state index is -0.107. The van der Waals surface area contributed by atoms with Gasteiger partial charge in [0.15, 0.2) is 11.6 Å². The van der Waals surface area contributed by atoms with Crippen LogP contribution in [-0.4, -0.2) is 50.9 Å². The fourth-order valence-electron chi connectivity index (χ4n) is 3.18. The van der Waals surface area contributed by atoms with E-state index in [1.54, 1.807) is 16.6 Å². The van der Waals surface area contributed by atoms with Crippen LogP contribution in [0, 0.1) is 0 Å². The van der Waals surface area contributed by atoms with Gasteiger partial charge in [-0.1, -0.05) is 23.7 Å². The van der Waals surface area contributed by atoms with Crippen LogP contribution in [0.5, 0.6) is 0 Å². The first-order valence-corrected chi connectivity index (χ1v) is 8.87. The SMILES string of the molecule is Nc1nc(-c2ccc(CO)c(Cl)c2)nn2ccc(CN3CCOCC3)c12. The molecular formula is C18H20ClN5O2. The van der Waals surface area contributed by atoms with Crippen LogP contribution in [0.15, 0.2) is 30.5 Å². The highest BCUT2D eigenvalue weighted by molar-refractivity contribution is 6.31. The Kier molecular flexibility index (Phi) is 4.78. The van der Waals surface area contributed by atoms with Crippen LogP contribution in [0.3, 0.4) is 0 Å². The summed E-state index contributed by atoms with van der Waals surface area (Å²) in [6.45, 7) is 4.02. The number of fused-ring (bicyclic) bond motifs is 1. The number of morpholine rings is 1. The molecule has 0 aliphatic carbocycles. The maximum Gasteiger partial charge on any atom is 0.182 e. The Morgan fingerprint density at radius 1 is 1.19 bits per heavy atom. The normalized spacial score (nSPS) is 15.6. The summed E-state index contributed by atoms with van der Waals surface area (Å²) in [7, 11) is 0. The highest BCUT2D eigenvalue weighted by Crippen LogP contribution is 2.26. The van der Waals surface area contributed by atoms with Crippen molar-refractivity contribution in [3.63, 3.8) is 0 Å². The standard InChI is InChI=1S/C18H20ClN5O2/c19-15-9-12(1-2-14(15)11-25)18-21-17(20)16-13(3-4-24(16)22-18)10-23-5-7-26-8-6-23/h1-4,9,25H,5-8,10-11H2,(H2,20,21,22). The van der Waals surface area contributed by atoms with Crippen molar-refractivity contribution in [1.82, 2.24) is 19.5 Å². The van der Waals surface area contributed by atoms with Crippen molar-refractivity contribution in [2.75, 3.05) is 32.0 Å². The third kappa shape index (κ3) is 3.26. The fourth-order valence-corrected chi connectivity index (χ4v) is 3.42. The van der Waals surface area contributed by atoms with Gasteiger partial charge in [-0.15, -0.1) is 5.10 Å². The Morgan fingerprint density at radius 3 is 2.73 bits per heavy atom. The van der Waals surface area contributed by atoms with Gasteiger partial charge in [-0.2, -0.15) is 0 Å².